The maximum absolute atomic E-state index is 12.9. The van der Waals surface area contributed by atoms with Crippen LogP contribution in [0.3, 0.4) is 0 Å². The molecule has 0 atom stereocenters. The highest BCUT2D eigenvalue weighted by molar-refractivity contribution is 7.92. The number of hydrogen-bond donors (Lipinski definition) is 1. The molecule has 4 fully saturated rings. The van der Waals surface area contributed by atoms with Crippen molar-refractivity contribution in [3.05, 3.63) is 53.6 Å². The minimum absolute atomic E-state index is 0.312. The molecule has 34 heavy (non-hydrogen) atoms. The summed E-state index contributed by atoms with van der Waals surface area (Å²) >= 11 is 0. The molecule has 4 saturated carbocycles. The minimum Gasteiger partial charge on any atom is -0.495 e. The monoisotopic (exact) mass is 482 g/mol. The molecular formula is C27H34N2O4S. The number of methoxy groups -OCH3 is 1. The fourth-order valence-corrected chi connectivity index (χ4v) is 7.93. The van der Waals surface area contributed by atoms with Crippen molar-refractivity contribution < 1.29 is 17.9 Å². The summed E-state index contributed by atoms with van der Waals surface area (Å²) in [6.07, 6.45) is 9.23. The van der Waals surface area contributed by atoms with Crippen LogP contribution in [0.25, 0.3) is 0 Å². The number of rotatable bonds is 7. The molecule has 4 aliphatic rings. The molecule has 2 aromatic carbocycles. The van der Waals surface area contributed by atoms with Crippen LogP contribution in [-0.2, 0) is 20.2 Å². The Morgan fingerprint density at radius 2 is 1.62 bits per heavy atom. The second-order valence-corrected chi connectivity index (χ2v) is 12.7. The van der Waals surface area contributed by atoms with Crippen LogP contribution < -0.4 is 14.4 Å². The maximum atomic E-state index is 12.9. The van der Waals surface area contributed by atoms with Crippen LogP contribution >= 0.6 is 0 Å². The van der Waals surface area contributed by atoms with E-state index < -0.39 is 15.9 Å². The van der Waals surface area contributed by atoms with Crippen LogP contribution in [0, 0.1) is 24.7 Å². The van der Waals surface area contributed by atoms with E-state index in [2.05, 4.69) is 17.4 Å². The first-order valence-electron chi connectivity index (χ1n) is 12.2. The molecule has 0 saturated heterocycles. The largest absolute Gasteiger partial charge is 0.495 e. The van der Waals surface area contributed by atoms with Gasteiger partial charge in [0, 0.05) is 5.69 Å². The molecule has 6 nitrogen and oxygen atoms in total. The van der Waals surface area contributed by atoms with Gasteiger partial charge in [0.2, 0.25) is 15.9 Å². The molecule has 0 unspecified atom stereocenters. The van der Waals surface area contributed by atoms with Crippen molar-refractivity contribution in [3.8, 4) is 5.75 Å². The smallest absolute Gasteiger partial charge is 0.245 e. The van der Waals surface area contributed by atoms with E-state index in [-0.39, 0.29) is 6.54 Å². The number of aryl methyl sites for hydroxylation is 1. The number of sulfonamides is 1. The number of carbonyl (C=O) groups is 1. The normalized spacial score (nSPS) is 27.4. The molecule has 2 aromatic rings. The lowest BCUT2D eigenvalue weighted by Crippen LogP contribution is -2.48. The highest BCUT2D eigenvalue weighted by Gasteiger charge is 2.51. The number of nitrogens with one attached hydrogen (secondary N) is 1. The summed E-state index contributed by atoms with van der Waals surface area (Å²) in [4.78, 5) is 12.9. The summed E-state index contributed by atoms with van der Waals surface area (Å²) in [6, 6.07) is 13.5. The molecule has 1 amide bonds. The van der Waals surface area contributed by atoms with Crippen molar-refractivity contribution >= 4 is 27.3 Å². The van der Waals surface area contributed by atoms with Crippen LogP contribution in [-0.4, -0.2) is 34.2 Å². The van der Waals surface area contributed by atoms with Crippen molar-refractivity contribution in [2.45, 2.75) is 50.9 Å². The van der Waals surface area contributed by atoms with Gasteiger partial charge in [-0.2, -0.15) is 0 Å². The molecule has 0 aliphatic heterocycles. The quantitative estimate of drug-likeness (QED) is 0.611. The van der Waals surface area contributed by atoms with Crippen LogP contribution in [0.4, 0.5) is 11.4 Å². The Morgan fingerprint density at radius 3 is 2.15 bits per heavy atom. The van der Waals surface area contributed by atoms with Crippen LogP contribution in [0.2, 0.25) is 0 Å². The van der Waals surface area contributed by atoms with Gasteiger partial charge in [-0.3, -0.25) is 9.10 Å². The van der Waals surface area contributed by atoms with Gasteiger partial charge in [-0.05, 0) is 104 Å². The van der Waals surface area contributed by atoms with Crippen LogP contribution in [0.15, 0.2) is 42.5 Å². The fourth-order valence-electron chi connectivity index (χ4n) is 7.08. The lowest BCUT2D eigenvalue weighted by molar-refractivity contribution is -0.114. The predicted molar refractivity (Wildman–Crippen MR) is 135 cm³/mol. The van der Waals surface area contributed by atoms with Crippen LogP contribution in [0.5, 0.6) is 5.75 Å². The molecule has 0 heterocycles. The zero-order valence-corrected chi connectivity index (χ0v) is 21.0. The first-order chi connectivity index (χ1) is 16.1. The zero-order valence-electron chi connectivity index (χ0n) is 20.2. The van der Waals surface area contributed by atoms with Crippen LogP contribution in [0.1, 0.15) is 49.7 Å². The third kappa shape index (κ3) is 4.42. The summed E-state index contributed by atoms with van der Waals surface area (Å²) in [5, 5.41) is 2.88. The lowest BCUT2D eigenvalue weighted by Gasteiger charge is -2.57. The molecule has 182 valence electrons. The number of ether oxygens (including phenoxy) is 1. The van der Waals surface area contributed by atoms with E-state index in [1.807, 2.05) is 25.1 Å². The second-order valence-electron chi connectivity index (χ2n) is 10.8. The third-order valence-electron chi connectivity index (χ3n) is 8.11. The number of carbonyl (C=O) groups excluding carboxylic acids is 1. The minimum atomic E-state index is -3.69. The SMILES string of the molecule is COc1ccc(C)cc1N(CC(=O)Nc1ccc(C23CC4CC(CC(C4)C2)C3)cc1)S(C)(=O)=O. The molecule has 0 spiro atoms. The van der Waals surface area contributed by atoms with E-state index >= 15 is 0 Å². The topological polar surface area (TPSA) is 75.7 Å². The van der Waals surface area contributed by atoms with E-state index in [4.69, 9.17) is 4.74 Å². The Balaban J connectivity index is 1.31. The number of amides is 1. The number of nitrogens with zero attached hydrogens (tertiary/aromatic N) is 1. The Kier molecular flexibility index (Phi) is 5.87. The standard InChI is InChI=1S/C27H34N2O4S/c1-18-4-9-25(33-2)24(10-18)29(34(3,31)32)17-26(30)28-23-7-5-22(6-8-23)27-14-19-11-20(15-27)13-21(12-19)16-27/h4-10,19-21H,11-17H2,1-3H3,(H,28,30). The maximum Gasteiger partial charge on any atom is 0.245 e. The van der Waals surface area contributed by atoms with Crippen molar-refractivity contribution in [1.82, 2.24) is 0 Å². The second kappa shape index (κ2) is 8.59. The Bertz CT molecular complexity index is 1150. The van der Waals surface area contributed by atoms with E-state index in [0.29, 0.717) is 22.5 Å². The Morgan fingerprint density at radius 1 is 1.03 bits per heavy atom. The number of hydrogen-bond acceptors (Lipinski definition) is 4. The van der Waals surface area contributed by atoms with Gasteiger partial charge < -0.3 is 10.1 Å². The Labute approximate surface area is 202 Å². The van der Waals surface area contributed by atoms with Crippen molar-refractivity contribution in [1.29, 1.82) is 0 Å². The first kappa shape index (κ1) is 23.2. The first-order valence-corrected chi connectivity index (χ1v) is 14.0. The van der Waals surface area contributed by atoms with E-state index in [9.17, 15) is 13.2 Å². The van der Waals surface area contributed by atoms with Gasteiger partial charge in [-0.15, -0.1) is 0 Å². The van der Waals surface area contributed by atoms with Gasteiger partial charge >= 0.3 is 0 Å². The van der Waals surface area contributed by atoms with Gasteiger partial charge in [0.15, 0.2) is 0 Å². The van der Waals surface area contributed by atoms with E-state index in [1.54, 1.807) is 12.1 Å². The predicted octanol–water partition coefficient (Wildman–Crippen LogP) is 4.88. The lowest BCUT2D eigenvalue weighted by atomic mass is 9.48. The average molecular weight is 483 g/mol. The summed E-state index contributed by atoms with van der Waals surface area (Å²) in [5.41, 5.74) is 3.63. The highest BCUT2D eigenvalue weighted by atomic mass is 32.2. The van der Waals surface area contributed by atoms with Gasteiger partial charge in [0.25, 0.3) is 0 Å². The zero-order chi connectivity index (χ0) is 24.1. The molecule has 1 N–H and O–H groups in total. The average Bonchev–Trinajstić information content (AvgIpc) is 2.76. The van der Waals surface area contributed by atoms with Gasteiger partial charge in [0.1, 0.15) is 12.3 Å². The van der Waals surface area contributed by atoms with Crippen molar-refractivity contribution in [3.63, 3.8) is 0 Å². The highest BCUT2D eigenvalue weighted by Crippen LogP contribution is 2.60. The molecule has 4 bridgehead atoms. The van der Waals surface area contributed by atoms with Crippen molar-refractivity contribution in [2.24, 2.45) is 17.8 Å². The fraction of sp³-hybridized carbons (Fsp3) is 0.519. The Hall–Kier alpha value is -2.54. The van der Waals surface area contributed by atoms with Crippen molar-refractivity contribution in [2.75, 3.05) is 29.5 Å². The van der Waals surface area contributed by atoms with Gasteiger partial charge in [0.05, 0.1) is 19.1 Å². The molecule has 4 aliphatic carbocycles. The third-order valence-corrected chi connectivity index (χ3v) is 9.24. The summed E-state index contributed by atoms with van der Waals surface area (Å²) in [6.45, 7) is 1.55. The van der Waals surface area contributed by atoms with E-state index in [1.165, 1.54) is 51.2 Å². The number of anilines is 2. The molecule has 7 heteroatoms. The summed E-state index contributed by atoms with van der Waals surface area (Å²) < 4.78 is 31.5. The summed E-state index contributed by atoms with van der Waals surface area (Å²) in [5.74, 6) is 2.66. The van der Waals surface area contributed by atoms with Gasteiger partial charge in [-0.25, -0.2) is 8.42 Å². The molecule has 0 radical (unpaired) electrons. The van der Waals surface area contributed by atoms with Gasteiger partial charge in [-0.1, -0.05) is 18.2 Å². The van der Waals surface area contributed by atoms with E-state index in [0.717, 1.165) is 33.9 Å². The number of benzene rings is 2. The summed E-state index contributed by atoms with van der Waals surface area (Å²) in [7, 11) is -2.21. The molecule has 0 aromatic heterocycles. The molecular weight excluding hydrogens is 448 g/mol. The molecule has 6 rings (SSSR count).